The van der Waals surface area contributed by atoms with Crippen molar-refractivity contribution in [2.75, 3.05) is 20.3 Å². The molecule has 2 N–H and O–H groups in total. The van der Waals surface area contributed by atoms with Crippen LogP contribution in [0.4, 0.5) is 17.6 Å². The van der Waals surface area contributed by atoms with E-state index in [1.165, 1.54) is 7.11 Å². The van der Waals surface area contributed by atoms with E-state index in [1.54, 1.807) is 48.5 Å². The van der Waals surface area contributed by atoms with Crippen molar-refractivity contribution >= 4 is 11.8 Å². The van der Waals surface area contributed by atoms with Crippen LogP contribution in [0.2, 0.25) is 0 Å². The van der Waals surface area contributed by atoms with E-state index in [0.717, 1.165) is 17.7 Å². The van der Waals surface area contributed by atoms with Gasteiger partial charge in [0.2, 0.25) is 5.90 Å². The Morgan fingerprint density at radius 1 is 0.957 bits per heavy atom. The van der Waals surface area contributed by atoms with Crippen LogP contribution in [0.25, 0.3) is 0 Å². The lowest BCUT2D eigenvalue weighted by atomic mass is 9.82. The standard InChI is InChI=1S/C35H32F4N2O5/c1-44-30-10-5-9-26(19-30)31-34(21-23-7-3-2-4-8-23,33(43)40-22-24-17-27(35(37,38)39)20-28(36)18-24)41-32(46-31)25-11-13-29(14-12-25)45-16-6-15-42/h2-5,7-14,17-20,31,42H,6,15-16,21-22H2,1H3,(H,40,43)/t31-,34-/m1/s1. The zero-order chi connectivity index (χ0) is 32.7. The highest BCUT2D eigenvalue weighted by Crippen LogP contribution is 2.43. The quantitative estimate of drug-likeness (QED) is 0.138. The summed E-state index contributed by atoms with van der Waals surface area (Å²) >= 11 is 0. The monoisotopic (exact) mass is 636 g/mol. The summed E-state index contributed by atoms with van der Waals surface area (Å²) in [5, 5.41) is 11.7. The second-order valence-corrected chi connectivity index (χ2v) is 10.8. The van der Waals surface area contributed by atoms with Crippen LogP contribution in [0.5, 0.6) is 11.5 Å². The molecule has 1 aliphatic heterocycles. The number of nitrogens with one attached hydrogen (secondary N) is 1. The fourth-order valence-corrected chi connectivity index (χ4v) is 5.25. The molecule has 4 aromatic rings. The molecule has 0 saturated carbocycles. The predicted molar refractivity (Wildman–Crippen MR) is 163 cm³/mol. The molecule has 240 valence electrons. The Hall–Kier alpha value is -4.90. The fourth-order valence-electron chi connectivity index (χ4n) is 5.25. The summed E-state index contributed by atoms with van der Waals surface area (Å²) in [5.41, 5.74) is -0.939. The highest BCUT2D eigenvalue weighted by Gasteiger charge is 2.53. The number of ether oxygens (including phenoxy) is 3. The van der Waals surface area contributed by atoms with Crippen molar-refractivity contribution in [3.63, 3.8) is 0 Å². The summed E-state index contributed by atoms with van der Waals surface area (Å²) in [4.78, 5) is 19.2. The maximum atomic E-state index is 14.3. The van der Waals surface area contributed by atoms with Crippen molar-refractivity contribution in [3.05, 3.63) is 131 Å². The summed E-state index contributed by atoms with van der Waals surface area (Å²) in [6.07, 6.45) is -5.18. The minimum absolute atomic E-state index is 0.00263. The lowest BCUT2D eigenvalue weighted by molar-refractivity contribution is -0.137. The van der Waals surface area contributed by atoms with Crippen LogP contribution >= 0.6 is 0 Å². The van der Waals surface area contributed by atoms with Crippen LogP contribution in [-0.4, -0.2) is 42.8 Å². The Balaban J connectivity index is 1.56. The predicted octanol–water partition coefficient (Wildman–Crippen LogP) is 6.43. The van der Waals surface area contributed by atoms with E-state index < -0.39 is 35.1 Å². The molecule has 2 atom stereocenters. The van der Waals surface area contributed by atoms with Crippen molar-refractivity contribution in [1.29, 1.82) is 0 Å². The number of rotatable bonds is 12. The summed E-state index contributed by atoms with van der Waals surface area (Å²) in [7, 11) is 1.51. The molecule has 11 heteroatoms. The van der Waals surface area contributed by atoms with Gasteiger partial charge in [0.1, 0.15) is 17.3 Å². The highest BCUT2D eigenvalue weighted by atomic mass is 19.4. The Morgan fingerprint density at radius 3 is 2.41 bits per heavy atom. The summed E-state index contributed by atoms with van der Waals surface area (Å²) in [6.45, 7) is -0.0459. The van der Waals surface area contributed by atoms with E-state index in [4.69, 9.17) is 24.3 Å². The summed E-state index contributed by atoms with van der Waals surface area (Å²) in [5.74, 6) is -0.429. The number of benzene rings is 4. The van der Waals surface area contributed by atoms with Gasteiger partial charge in [-0.25, -0.2) is 9.38 Å². The number of halogens is 4. The number of carbonyl (C=O) groups excluding carboxylic acids is 1. The first-order valence-corrected chi connectivity index (χ1v) is 14.5. The Labute approximate surface area is 263 Å². The Bertz CT molecular complexity index is 1680. The van der Waals surface area contributed by atoms with Crippen LogP contribution in [-0.2, 0) is 28.7 Å². The number of aliphatic imine (C=N–C) groups is 1. The van der Waals surface area contributed by atoms with Gasteiger partial charge in [-0.15, -0.1) is 0 Å². The molecular formula is C35H32F4N2O5. The van der Waals surface area contributed by atoms with Crippen molar-refractivity contribution < 1.29 is 41.7 Å². The Kier molecular flexibility index (Phi) is 9.91. The van der Waals surface area contributed by atoms with Gasteiger partial charge in [0.05, 0.1) is 19.3 Å². The average molecular weight is 637 g/mol. The van der Waals surface area contributed by atoms with Crippen LogP contribution in [0.15, 0.2) is 102 Å². The molecule has 1 amide bonds. The lowest BCUT2D eigenvalue weighted by Gasteiger charge is -2.31. The SMILES string of the molecule is COc1cccc([C@H]2OC(c3ccc(OCCCO)cc3)=N[C@@]2(Cc2ccccc2)C(=O)NCc2cc(F)cc(C(F)(F)F)c2)c1. The van der Waals surface area contributed by atoms with Gasteiger partial charge >= 0.3 is 6.18 Å². The maximum absolute atomic E-state index is 14.3. The number of methoxy groups -OCH3 is 1. The van der Waals surface area contributed by atoms with Gasteiger partial charge in [-0.05, 0) is 71.3 Å². The molecule has 0 aliphatic carbocycles. The first-order valence-electron chi connectivity index (χ1n) is 14.5. The maximum Gasteiger partial charge on any atom is 0.416 e. The van der Waals surface area contributed by atoms with E-state index in [0.29, 0.717) is 41.7 Å². The number of aliphatic hydroxyl groups is 1. The molecule has 0 radical (unpaired) electrons. The van der Waals surface area contributed by atoms with Crippen molar-refractivity contribution in [2.24, 2.45) is 4.99 Å². The van der Waals surface area contributed by atoms with E-state index in [-0.39, 0.29) is 31.0 Å². The third kappa shape index (κ3) is 7.48. The van der Waals surface area contributed by atoms with Crippen molar-refractivity contribution in [3.8, 4) is 11.5 Å². The first kappa shape index (κ1) is 32.5. The van der Waals surface area contributed by atoms with Crippen LogP contribution < -0.4 is 14.8 Å². The van der Waals surface area contributed by atoms with Crippen LogP contribution in [0.3, 0.4) is 0 Å². The van der Waals surface area contributed by atoms with E-state index >= 15 is 0 Å². The van der Waals surface area contributed by atoms with Crippen LogP contribution in [0, 0.1) is 5.82 Å². The zero-order valence-corrected chi connectivity index (χ0v) is 24.9. The molecule has 0 unspecified atom stereocenters. The van der Waals surface area contributed by atoms with Gasteiger partial charge in [-0.2, -0.15) is 13.2 Å². The lowest BCUT2D eigenvalue weighted by Crippen LogP contribution is -2.49. The van der Waals surface area contributed by atoms with Crippen molar-refractivity contribution in [2.45, 2.75) is 37.2 Å². The minimum atomic E-state index is -4.76. The molecule has 0 aromatic heterocycles. The normalized spacial score (nSPS) is 17.6. The van der Waals surface area contributed by atoms with Gasteiger partial charge in [-0.3, -0.25) is 4.79 Å². The molecule has 46 heavy (non-hydrogen) atoms. The number of hydrogen-bond acceptors (Lipinski definition) is 6. The molecule has 0 spiro atoms. The number of carbonyl (C=O) groups is 1. The Morgan fingerprint density at radius 2 is 1.72 bits per heavy atom. The van der Waals surface area contributed by atoms with E-state index in [9.17, 15) is 22.4 Å². The van der Waals surface area contributed by atoms with Gasteiger partial charge in [0.25, 0.3) is 5.91 Å². The molecule has 1 heterocycles. The third-order valence-electron chi connectivity index (χ3n) is 7.48. The molecule has 4 aromatic carbocycles. The third-order valence-corrected chi connectivity index (χ3v) is 7.48. The molecule has 0 fully saturated rings. The number of nitrogens with zero attached hydrogens (tertiary/aromatic N) is 1. The number of aliphatic hydroxyl groups excluding tert-OH is 1. The smallest absolute Gasteiger partial charge is 0.416 e. The largest absolute Gasteiger partial charge is 0.497 e. The molecule has 7 nitrogen and oxygen atoms in total. The number of amides is 1. The summed E-state index contributed by atoms with van der Waals surface area (Å²) < 4.78 is 71.9. The van der Waals surface area contributed by atoms with Gasteiger partial charge in [0.15, 0.2) is 11.6 Å². The zero-order valence-electron chi connectivity index (χ0n) is 24.9. The average Bonchev–Trinajstić information content (AvgIpc) is 3.44. The van der Waals surface area contributed by atoms with E-state index in [1.807, 2.05) is 30.3 Å². The van der Waals surface area contributed by atoms with E-state index in [2.05, 4.69) is 5.32 Å². The fraction of sp³-hybridized carbons (Fsp3) is 0.257. The highest BCUT2D eigenvalue weighted by molar-refractivity contribution is 6.01. The number of hydrogen-bond donors (Lipinski definition) is 2. The van der Waals surface area contributed by atoms with Crippen molar-refractivity contribution in [1.82, 2.24) is 5.32 Å². The van der Waals surface area contributed by atoms with Crippen LogP contribution in [0.1, 0.15) is 40.3 Å². The number of alkyl halides is 3. The topological polar surface area (TPSA) is 89.4 Å². The molecule has 0 bridgehead atoms. The second-order valence-electron chi connectivity index (χ2n) is 10.8. The molecule has 5 rings (SSSR count). The van der Waals surface area contributed by atoms with Gasteiger partial charge in [-0.1, -0.05) is 42.5 Å². The molecule has 1 aliphatic rings. The van der Waals surface area contributed by atoms with Gasteiger partial charge in [0, 0.05) is 31.6 Å². The first-order chi connectivity index (χ1) is 22.1. The molecular weight excluding hydrogens is 604 g/mol. The molecule has 0 saturated heterocycles. The summed E-state index contributed by atoms with van der Waals surface area (Å²) in [6, 6.07) is 25.2. The minimum Gasteiger partial charge on any atom is -0.497 e. The second kappa shape index (κ2) is 14.0. The van der Waals surface area contributed by atoms with Gasteiger partial charge < -0.3 is 24.6 Å².